The average molecular weight is 253 g/mol. The Morgan fingerprint density at radius 3 is 2.89 bits per heavy atom. The first-order valence-corrected chi connectivity index (χ1v) is 6.82. The molecule has 5 heteroatoms. The van der Waals surface area contributed by atoms with Crippen molar-refractivity contribution in [1.29, 1.82) is 0 Å². The summed E-state index contributed by atoms with van der Waals surface area (Å²) in [6.07, 6.45) is 5.92. The van der Waals surface area contributed by atoms with Crippen molar-refractivity contribution in [2.75, 3.05) is 19.8 Å². The predicted octanol–water partition coefficient (Wildman–Crippen LogP) is 1.71. The number of ether oxygens (including phenoxy) is 2. The maximum absolute atomic E-state index is 5.52. The van der Waals surface area contributed by atoms with Crippen molar-refractivity contribution in [2.24, 2.45) is 0 Å². The number of hydrogen-bond acceptors (Lipinski definition) is 4. The van der Waals surface area contributed by atoms with Gasteiger partial charge in [-0.1, -0.05) is 13.8 Å². The molecular formula is C13H23N3O2. The van der Waals surface area contributed by atoms with Gasteiger partial charge in [-0.15, -0.1) is 0 Å². The van der Waals surface area contributed by atoms with Crippen LogP contribution in [0.2, 0.25) is 0 Å². The number of nitrogens with one attached hydrogen (secondary N) is 1. The molecule has 2 heterocycles. The number of rotatable bonds is 7. The van der Waals surface area contributed by atoms with Crippen LogP contribution < -0.4 is 5.32 Å². The molecule has 2 rings (SSSR count). The van der Waals surface area contributed by atoms with Crippen LogP contribution in [0, 0.1) is 0 Å². The van der Waals surface area contributed by atoms with Gasteiger partial charge in [0.15, 0.2) is 6.29 Å². The summed E-state index contributed by atoms with van der Waals surface area (Å²) in [5.41, 5.74) is 1.21. The summed E-state index contributed by atoms with van der Waals surface area (Å²) < 4.78 is 13.0. The zero-order valence-corrected chi connectivity index (χ0v) is 11.3. The molecule has 1 unspecified atom stereocenters. The zero-order valence-electron chi connectivity index (χ0n) is 11.3. The maximum atomic E-state index is 5.52. The van der Waals surface area contributed by atoms with Crippen LogP contribution in [-0.4, -0.2) is 35.8 Å². The van der Waals surface area contributed by atoms with E-state index in [1.807, 2.05) is 10.9 Å². The van der Waals surface area contributed by atoms with Gasteiger partial charge >= 0.3 is 0 Å². The minimum Gasteiger partial charge on any atom is -0.350 e. The highest BCUT2D eigenvalue weighted by atomic mass is 16.7. The fourth-order valence-corrected chi connectivity index (χ4v) is 2.23. The number of nitrogens with zero attached hydrogens (tertiary/aromatic N) is 2. The molecule has 1 saturated heterocycles. The second-order valence-electron chi connectivity index (χ2n) is 4.55. The summed E-state index contributed by atoms with van der Waals surface area (Å²) in [6.45, 7) is 7.58. The van der Waals surface area contributed by atoms with Crippen molar-refractivity contribution in [1.82, 2.24) is 15.1 Å². The van der Waals surface area contributed by atoms with Gasteiger partial charge in [0.25, 0.3) is 0 Å². The first-order valence-electron chi connectivity index (χ1n) is 6.82. The molecule has 0 saturated carbocycles. The normalized spacial score (nSPS) is 18.3. The quantitative estimate of drug-likeness (QED) is 0.803. The summed E-state index contributed by atoms with van der Waals surface area (Å²) in [4.78, 5) is 0. The van der Waals surface area contributed by atoms with Crippen molar-refractivity contribution >= 4 is 0 Å². The second kappa shape index (κ2) is 6.87. The Bertz CT molecular complexity index is 348. The lowest BCUT2D eigenvalue weighted by molar-refractivity contribution is -0.0529. The van der Waals surface area contributed by atoms with Gasteiger partial charge in [0.05, 0.1) is 19.4 Å². The minimum absolute atomic E-state index is 0.0800. The first kappa shape index (κ1) is 13.5. The molecule has 1 aromatic rings. The van der Waals surface area contributed by atoms with Crippen molar-refractivity contribution < 1.29 is 9.47 Å². The lowest BCUT2D eigenvalue weighted by atomic mass is 10.1. The molecule has 102 valence electrons. The third-order valence-corrected chi connectivity index (χ3v) is 3.08. The van der Waals surface area contributed by atoms with E-state index in [-0.39, 0.29) is 12.3 Å². The molecular weight excluding hydrogens is 230 g/mol. The molecule has 18 heavy (non-hydrogen) atoms. The van der Waals surface area contributed by atoms with E-state index in [0.717, 1.165) is 25.9 Å². The van der Waals surface area contributed by atoms with E-state index in [4.69, 9.17) is 9.47 Å². The van der Waals surface area contributed by atoms with E-state index in [1.54, 1.807) is 0 Å². The SMILES string of the molecule is CCCn1cc(C(CC2OCCO2)NCC)cn1. The minimum atomic E-state index is -0.0800. The highest BCUT2D eigenvalue weighted by Crippen LogP contribution is 2.22. The molecule has 1 N–H and O–H groups in total. The Morgan fingerprint density at radius 2 is 2.22 bits per heavy atom. The molecule has 1 fully saturated rings. The van der Waals surface area contributed by atoms with Crippen LogP contribution >= 0.6 is 0 Å². The predicted molar refractivity (Wildman–Crippen MR) is 69.2 cm³/mol. The van der Waals surface area contributed by atoms with E-state index in [2.05, 4.69) is 30.5 Å². The van der Waals surface area contributed by atoms with Crippen LogP contribution in [-0.2, 0) is 16.0 Å². The fraction of sp³-hybridized carbons (Fsp3) is 0.769. The highest BCUT2D eigenvalue weighted by Gasteiger charge is 2.22. The molecule has 1 aliphatic rings. The summed E-state index contributed by atoms with van der Waals surface area (Å²) >= 11 is 0. The number of aryl methyl sites for hydroxylation is 1. The van der Waals surface area contributed by atoms with Crippen molar-refractivity contribution in [3.05, 3.63) is 18.0 Å². The topological polar surface area (TPSA) is 48.3 Å². The number of aromatic nitrogens is 2. The molecule has 0 aromatic carbocycles. The largest absolute Gasteiger partial charge is 0.350 e. The summed E-state index contributed by atoms with van der Waals surface area (Å²) in [5, 5.41) is 7.85. The van der Waals surface area contributed by atoms with Gasteiger partial charge in [-0.05, 0) is 13.0 Å². The molecule has 1 aromatic heterocycles. The van der Waals surface area contributed by atoms with E-state index in [9.17, 15) is 0 Å². The monoisotopic (exact) mass is 253 g/mol. The maximum Gasteiger partial charge on any atom is 0.159 e. The van der Waals surface area contributed by atoms with E-state index < -0.39 is 0 Å². The van der Waals surface area contributed by atoms with Gasteiger partial charge in [-0.25, -0.2) is 0 Å². The first-order chi connectivity index (χ1) is 8.83. The van der Waals surface area contributed by atoms with Crippen LogP contribution in [0.1, 0.15) is 38.3 Å². The molecule has 5 nitrogen and oxygen atoms in total. The van der Waals surface area contributed by atoms with Crippen molar-refractivity contribution in [2.45, 2.75) is 45.6 Å². The fourth-order valence-electron chi connectivity index (χ4n) is 2.23. The lowest BCUT2D eigenvalue weighted by Gasteiger charge is -2.19. The zero-order chi connectivity index (χ0) is 12.8. The van der Waals surface area contributed by atoms with Crippen LogP contribution in [0.25, 0.3) is 0 Å². The van der Waals surface area contributed by atoms with E-state index >= 15 is 0 Å². The van der Waals surface area contributed by atoms with Gasteiger partial charge in [0, 0.05) is 30.8 Å². The van der Waals surface area contributed by atoms with Gasteiger partial charge in [-0.3, -0.25) is 4.68 Å². The number of hydrogen-bond donors (Lipinski definition) is 1. The van der Waals surface area contributed by atoms with E-state index in [1.165, 1.54) is 5.56 Å². The molecule has 0 amide bonds. The van der Waals surface area contributed by atoms with Crippen molar-refractivity contribution in [3.8, 4) is 0 Å². The van der Waals surface area contributed by atoms with Gasteiger partial charge in [0.1, 0.15) is 0 Å². The van der Waals surface area contributed by atoms with Crippen molar-refractivity contribution in [3.63, 3.8) is 0 Å². The molecule has 0 bridgehead atoms. The standard InChI is InChI=1S/C13H23N3O2/c1-3-5-16-10-11(9-15-16)12(14-4-2)8-13-17-6-7-18-13/h9-10,12-14H,3-8H2,1-2H3. The molecule has 0 aliphatic carbocycles. The summed E-state index contributed by atoms with van der Waals surface area (Å²) in [7, 11) is 0. The van der Waals surface area contributed by atoms with Gasteiger partial charge in [-0.2, -0.15) is 5.10 Å². The van der Waals surface area contributed by atoms with Crippen LogP contribution in [0.4, 0.5) is 0 Å². The highest BCUT2D eigenvalue weighted by molar-refractivity contribution is 5.10. The van der Waals surface area contributed by atoms with Gasteiger partial charge < -0.3 is 14.8 Å². The Labute approximate surface area is 108 Å². The Kier molecular flexibility index (Phi) is 5.16. The Balaban J connectivity index is 1.97. The molecule has 1 atom stereocenters. The molecule has 0 spiro atoms. The van der Waals surface area contributed by atoms with Crippen LogP contribution in [0.5, 0.6) is 0 Å². The third-order valence-electron chi connectivity index (χ3n) is 3.08. The molecule has 1 aliphatic heterocycles. The molecule has 0 radical (unpaired) electrons. The van der Waals surface area contributed by atoms with Crippen LogP contribution in [0.3, 0.4) is 0 Å². The lowest BCUT2D eigenvalue weighted by Crippen LogP contribution is -2.25. The Morgan fingerprint density at radius 1 is 1.44 bits per heavy atom. The summed E-state index contributed by atoms with van der Waals surface area (Å²) in [6, 6.07) is 0.253. The summed E-state index contributed by atoms with van der Waals surface area (Å²) in [5.74, 6) is 0. The second-order valence-corrected chi connectivity index (χ2v) is 4.55. The third kappa shape index (κ3) is 3.54. The average Bonchev–Trinajstić information content (AvgIpc) is 3.00. The smallest absolute Gasteiger partial charge is 0.159 e. The van der Waals surface area contributed by atoms with Crippen LogP contribution in [0.15, 0.2) is 12.4 Å². The Hall–Kier alpha value is -0.910. The van der Waals surface area contributed by atoms with E-state index in [0.29, 0.717) is 13.2 Å². The van der Waals surface area contributed by atoms with Gasteiger partial charge in [0.2, 0.25) is 0 Å².